The zero-order chi connectivity index (χ0) is 21.3. The number of aromatic carboxylic acids is 1. The number of aryl methyl sites for hydroxylation is 1. The molecule has 4 rings (SSSR count). The Bertz CT molecular complexity index is 1070. The van der Waals surface area contributed by atoms with Gasteiger partial charge in [0.05, 0.1) is 22.5 Å². The molecule has 0 aliphatic carbocycles. The molecule has 1 heterocycles. The van der Waals surface area contributed by atoms with Gasteiger partial charge in [0.25, 0.3) is 0 Å². The van der Waals surface area contributed by atoms with Gasteiger partial charge in [-0.2, -0.15) is 0 Å². The average Bonchev–Trinajstić information content (AvgIpc) is 3.11. The first-order chi connectivity index (χ1) is 14.5. The summed E-state index contributed by atoms with van der Waals surface area (Å²) in [6.45, 7) is 2.00. The van der Waals surface area contributed by atoms with E-state index in [1.54, 1.807) is 36.4 Å². The number of Topliss-reactive ketones (excluding diaryl/α,β-unsaturated/α-hetero) is 1. The molecule has 1 fully saturated rings. The summed E-state index contributed by atoms with van der Waals surface area (Å²) >= 11 is 1.36. The van der Waals surface area contributed by atoms with Crippen molar-refractivity contribution < 1.29 is 14.7 Å². The van der Waals surface area contributed by atoms with E-state index in [1.807, 2.05) is 54.3 Å². The molecule has 1 saturated heterocycles. The fourth-order valence-corrected chi connectivity index (χ4v) is 5.20. The number of nitrogens with two attached hydrogens (primary N) is 1. The number of carbonyl (C=O) groups excluding carboxylic acids is 1. The van der Waals surface area contributed by atoms with E-state index in [0.717, 1.165) is 11.1 Å². The molecular weight excluding hydrogens is 396 g/mol. The number of rotatable bonds is 5. The zero-order valence-corrected chi connectivity index (χ0v) is 17.3. The highest BCUT2D eigenvalue weighted by Crippen LogP contribution is 2.47. The van der Waals surface area contributed by atoms with Crippen molar-refractivity contribution in [2.75, 3.05) is 4.90 Å². The lowest BCUT2D eigenvalue weighted by molar-refractivity contribution is 0.0697. The summed E-state index contributed by atoms with van der Waals surface area (Å²) in [4.78, 5) is 27.2. The topological polar surface area (TPSA) is 83.6 Å². The number of anilines is 1. The van der Waals surface area contributed by atoms with Crippen molar-refractivity contribution >= 4 is 29.2 Å². The van der Waals surface area contributed by atoms with Crippen molar-refractivity contribution in [2.45, 2.75) is 23.7 Å². The van der Waals surface area contributed by atoms with E-state index >= 15 is 0 Å². The van der Waals surface area contributed by atoms with Crippen LogP contribution in [0, 0.1) is 6.92 Å². The molecule has 1 unspecified atom stereocenters. The number of hydrogen-bond donors (Lipinski definition) is 2. The second-order valence-corrected chi connectivity index (χ2v) is 8.53. The van der Waals surface area contributed by atoms with E-state index in [9.17, 15) is 14.7 Å². The maximum atomic E-state index is 13.4. The van der Waals surface area contributed by atoms with Crippen molar-refractivity contribution in [3.63, 3.8) is 0 Å². The fourth-order valence-electron chi connectivity index (χ4n) is 3.83. The Labute approximate surface area is 179 Å². The van der Waals surface area contributed by atoms with Crippen molar-refractivity contribution in [1.29, 1.82) is 0 Å². The molecule has 0 bridgehead atoms. The van der Waals surface area contributed by atoms with Crippen LogP contribution < -0.4 is 10.6 Å². The number of benzene rings is 3. The highest BCUT2D eigenvalue weighted by atomic mass is 32.2. The number of carbonyl (C=O) groups is 2. The van der Waals surface area contributed by atoms with Gasteiger partial charge in [0.1, 0.15) is 5.50 Å². The van der Waals surface area contributed by atoms with Crippen LogP contribution in [-0.2, 0) is 0 Å². The Hall–Kier alpha value is -3.09. The summed E-state index contributed by atoms with van der Waals surface area (Å²) in [5, 5.41) is 9.25. The third kappa shape index (κ3) is 3.72. The lowest BCUT2D eigenvalue weighted by Gasteiger charge is -2.32. The summed E-state index contributed by atoms with van der Waals surface area (Å²) in [5.41, 5.74) is 9.26. The second kappa shape index (κ2) is 8.34. The molecule has 0 spiro atoms. The van der Waals surface area contributed by atoms with E-state index in [-0.39, 0.29) is 17.4 Å². The maximum absolute atomic E-state index is 13.4. The molecule has 3 aromatic rings. The van der Waals surface area contributed by atoms with Gasteiger partial charge in [-0.1, -0.05) is 72.3 Å². The Balaban J connectivity index is 1.84. The van der Waals surface area contributed by atoms with Gasteiger partial charge in [0.15, 0.2) is 5.78 Å². The first kappa shape index (κ1) is 20.2. The van der Waals surface area contributed by atoms with Gasteiger partial charge >= 0.3 is 5.97 Å². The normalized spacial score (nSPS) is 20.9. The van der Waals surface area contributed by atoms with Crippen LogP contribution in [0.15, 0.2) is 78.9 Å². The van der Waals surface area contributed by atoms with Crippen molar-refractivity contribution in [2.24, 2.45) is 5.73 Å². The minimum Gasteiger partial charge on any atom is -0.478 e. The maximum Gasteiger partial charge on any atom is 0.337 e. The van der Waals surface area contributed by atoms with Gasteiger partial charge in [-0.25, -0.2) is 4.79 Å². The predicted octanol–water partition coefficient (Wildman–Crippen LogP) is 4.48. The molecule has 0 aromatic heterocycles. The predicted molar refractivity (Wildman–Crippen MR) is 120 cm³/mol. The molecule has 1 aliphatic rings. The van der Waals surface area contributed by atoms with Crippen molar-refractivity contribution in [3.05, 3.63) is 101 Å². The molecule has 0 radical (unpaired) electrons. The number of para-hydroxylation sites is 1. The highest BCUT2D eigenvalue weighted by molar-refractivity contribution is 8.01. The Kier molecular flexibility index (Phi) is 5.61. The van der Waals surface area contributed by atoms with E-state index in [4.69, 9.17) is 5.73 Å². The lowest BCUT2D eigenvalue weighted by atomic mass is 9.94. The summed E-state index contributed by atoms with van der Waals surface area (Å²) in [5.74, 6) is -1.04. The van der Waals surface area contributed by atoms with Gasteiger partial charge in [-0.15, -0.1) is 11.8 Å². The van der Waals surface area contributed by atoms with E-state index in [2.05, 4.69) is 0 Å². The van der Waals surface area contributed by atoms with Gasteiger partial charge in [0, 0.05) is 5.56 Å². The number of hydrogen-bond acceptors (Lipinski definition) is 5. The standard InChI is InChI=1S/C24H22N2O3S/c1-15-11-13-16(14-12-15)20-22(21(27)17-7-3-2-4-8-17)30-24(25)26(20)19-10-6-5-9-18(19)23(28)29/h2-14,20,22,24H,25H2,1H3,(H,28,29)/t20-,22+,24?/m0/s1. The summed E-state index contributed by atoms with van der Waals surface area (Å²) in [7, 11) is 0. The first-order valence-electron chi connectivity index (χ1n) is 9.65. The Morgan fingerprint density at radius 3 is 2.23 bits per heavy atom. The fraction of sp³-hybridized carbons (Fsp3) is 0.167. The smallest absolute Gasteiger partial charge is 0.337 e. The minimum atomic E-state index is -1.02. The number of ketones is 1. The van der Waals surface area contributed by atoms with Crippen LogP contribution >= 0.6 is 11.8 Å². The Morgan fingerprint density at radius 1 is 0.933 bits per heavy atom. The van der Waals surface area contributed by atoms with Gasteiger partial charge in [0.2, 0.25) is 0 Å². The summed E-state index contributed by atoms with van der Waals surface area (Å²) in [6, 6.07) is 23.5. The summed E-state index contributed by atoms with van der Waals surface area (Å²) in [6.07, 6.45) is 0. The van der Waals surface area contributed by atoms with Gasteiger partial charge < -0.3 is 15.7 Å². The number of thioether (sulfide) groups is 1. The molecular formula is C24H22N2O3S. The SMILES string of the molecule is Cc1ccc([C@H]2[C@H](C(=O)c3ccccc3)SC(N)N2c2ccccc2C(=O)O)cc1. The highest BCUT2D eigenvalue weighted by Gasteiger charge is 2.46. The van der Waals surface area contributed by atoms with Crippen LogP contribution in [0.1, 0.15) is 37.9 Å². The molecule has 3 N–H and O–H groups in total. The molecule has 0 saturated carbocycles. The van der Waals surface area contributed by atoms with E-state index < -0.39 is 16.7 Å². The quantitative estimate of drug-likeness (QED) is 0.595. The van der Waals surface area contributed by atoms with Crippen molar-refractivity contribution in [1.82, 2.24) is 0 Å². The summed E-state index contributed by atoms with van der Waals surface area (Å²) < 4.78 is 0. The van der Waals surface area contributed by atoms with Crippen LogP contribution in [0.5, 0.6) is 0 Å². The number of nitrogens with zero attached hydrogens (tertiary/aromatic N) is 1. The minimum absolute atomic E-state index is 0.0167. The van der Waals surface area contributed by atoms with Crippen molar-refractivity contribution in [3.8, 4) is 0 Å². The van der Waals surface area contributed by atoms with Crippen LogP contribution in [0.25, 0.3) is 0 Å². The average molecular weight is 419 g/mol. The third-order valence-corrected chi connectivity index (χ3v) is 6.57. The van der Waals surface area contributed by atoms with Gasteiger partial charge in [-0.3, -0.25) is 4.79 Å². The third-order valence-electron chi connectivity index (χ3n) is 5.29. The van der Waals surface area contributed by atoms with Crippen LogP contribution in [0.3, 0.4) is 0 Å². The molecule has 1 aliphatic heterocycles. The molecule has 5 nitrogen and oxygen atoms in total. The molecule has 152 valence electrons. The molecule has 3 aromatic carbocycles. The first-order valence-corrected chi connectivity index (χ1v) is 10.6. The number of carboxylic acids is 1. The van der Waals surface area contributed by atoms with Gasteiger partial charge in [-0.05, 0) is 24.6 Å². The second-order valence-electron chi connectivity index (χ2n) is 7.26. The number of carboxylic acid groups (broad SMARTS) is 1. The van der Waals surface area contributed by atoms with E-state index in [0.29, 0.717) is 11.3 Å². The largest absolute Gasteiger partial charge is 0.478 e. The Morgan fingerprint density at radius 2 is 1.57 bits per heavy atom. The zero-order valence-electron chi connectivity index (χ0n) is 16.4. The molecule has 30 heavy (non-hydrogen) atoms. The molecule has 6 heteroatoms. The van der Waals surface area contributed by atoms with Crippen LogP contribution in [0.4, 0.5) is 5.69 Å². The monoisotopic (exact) mass is 418 g/mol. The lowest BCUT2D eigenvalue weighted by Crippen LogP contribution is -2.39. The van der Waals surface area contributed by atoms with Crippen LogP contribution in [0.2, 0.25) is 0 Å². The van der Waals surface area contributed by atoms with Crippen LogP contribution in [-0.4, -0.2) is 27.6 Å². The molecule has 0 amide bonds. The van der Waals surface area contributed by atoms with E-state index in [1.165, 1.54) is 11.8 Å². The molecule has 3 atom stereocenters.